The Balaban J connectivity index is 2.59. The van der Waals surface area contributed by atoms with Crippen LogP contribution in [0.3, 0.4) is 0 Å². The molecule has 1 N–H and O–H groups in total. The number of ether oxygens (including phenoxy) is 1. The summed E-state index contributed by atoms with van der Waals surface area (Å²) in [6, 6.07) is -0.302. The monoisotopic (exact) mass is 187 g/mol. The van der Waals surface area contributed by atoms with E-state index in [1.54, 1.807) is 4.90 Å². The summed E-state index contributed by atoms with van der Waals surface area (Å²) in [5, 5.41) is 8.57. The van der Waals surface area contributed by atoms with Crippen LogP contribution in [0.25, 0.3) is 0 Å². The van der Waals surface area contributed by atoms with Crippen LogP contribution >= 0.6 is 0 Å². The number of carbonyl (C=O) groups is 2. The molecule has 0 bridgehead atoms. The van der Waals surface area contributed by atoms with Crippen LogP contribution in [-0.4, -0.2) is 47.7 Å². The van der Waals surface area contributed by atoms with Crippen molar-refractivity contribution in [3.8, 4) is 0 Å². The molecule has 0 radical (unpaired) electrons. The molecule has 74 valence electrons. The van der Waals surface area contributed by atoms with Crippen molar-refractivity contribution in [2.45, 2.75) is 19.4 Å². The molecule has 1 heterocycles. The minimum atomic E-state index is -0.901. The van der Waals surface area contributed by atoms with Gasteiger partial charge in [0, 0.05) is 6.54 Å². The number of hydrogen-bond acceptors (Lipinski definition) is 3. The summed E-state index contributed by atoms with van der Waals surface area (Å²) in [4.78, 5) is 23.2. The fourth-order valence-corrected chi connectivity index (χ4v) is 1.46. The number of carboxylic acids is 1. The predicted octanol–water partition coefficient (Wildman–Crippen LogP) is -0.292. The fourth-order valence-electron chi connectivity index (χ4n) is 1.46. The van der Waals surface area contributed by atoms with E-state index in [4.69, 9.17) is 9.84 Å². The summed E-state index contributed by atoms with van der Waals surface area (Å²) in [5.74, 6) is -1.03. The second-order valence-corrected chi connectivity index (χ2v) is 2.95. The molecule has 0 aromatic heterocycles. The molecule has 0 aliphatic carbocycles. The maximum atomic E-state index is 11.2. The molecule has 0 spiro atoms. The number of carboxylic acid groups (broad SMARTS) is 1. The van der Waals surface area contributed by atoms with Gasteiger partial charge < -0.3 is 14.7 Å². The summed E-state index contributed by atoms with van der Waals surface area (Å²) in [6.07, 6.45) is -0.0421. The van der Waals surface area contributed by atoms with Crippen molar-refractivity contribution in [1.29, 1.82) is 0 Å². The molecular formula is C8H13NO4. The van der Waals surface area contributed by atoms with Gasteiger partial charge in [-0.1, -0.05) is 0 Å². The molecule has 1 unspecified atom stereocenters. The first kappa shape index (κ1) is 9.98. The van der Waals surface area contributed by atoms with Crippen LogP contribution in [0.2, 0.25) is 0 Å². The van der Waals surface area contributed by atoms with Crippen LogP contribution in [0, 0.1) is 0 Å². The Kier molecular flexibility index (Phi) is 3.25. The van der Waals surface area contributed by atoms with E-state index in [0.29, 0.717) is 13.2 Å². The Morgan fingerprint density at radius 2 is 2.46 bits per heavy atom. The second-order valence-electron chi connectivity index (χ2n) is 2.95. The molecule has 1 saturated heterocycles. The quantitative estimate of drug-likeness (QED) is 0.659. The van der Waals surface area contributed by atoms with Gasteiger partial charge in [-0.3, -0.25) is 9.59 Å². The van der Waals surface area contributed by atoms with Gasteiger partial charge in [0.15, 0.2) is 0 Å². The normalized spacial score (nSPS) is 23.3. The lowest BCUT2D eigenvalue weighted by Gasteiger charge is -2.33. The standard InChI is InChI=1S/C8H13NO4/c1-2-9-6(3-8(11)12)4-13-5-7(9)10/h6H,2-5H2,1H3,(H,11,12). The average Bonchev–Trinajstić information content (AvgIpc) is 2.03. The number of nitrogens with zero attached hydrogens (tertiary/aromatic N) is 1. The van der Waals surface area contributed by atoms with Crippen LogP contribution in [0.5, 0.6) is 0 Å². The third kappa shape index (κ3) is 2.42. The van der Waals surface area contributed by atoms with Crippen molar-refractivity contribution in [3.05, 3.63) is 0 Å². The molecule has 1 aliphatic rings. The largest absolute Gasteiger partial charge is 0.481 e. The van der Waals surface area contributed by atoms with E-state index in [1.807, 2.05) is 6.92 Å². The molecule has 0 aromatic carbocycles. The molecule has 13 heavy (non-hydrogen) atoms. The zero-order valence-electron chi connectivity index (χ0n) is 7.52. The molecule has 1 atom stereocenters. The molecule has 1 aliphatic heterocycles. The molecule has 1 fully saturated rings. The second kappa shape index (κ2) is 4.23. The van der Waals surface area contributed by atoms with E-state index in [0.717, 1.165) is 0 Å². The molecule has 0 saturated carbocycles. The van der Waals surface area contributed by atoms with Crippen molar-refractivity contribution in [2.75, 3.05) is 19.8 Å². The van der Waals surface area contributed by atoms with Gasteiger partial charge in [0.2, 0.25) is 5.91 Å². The van der Waals surface area contributed by atoms with Gasteiger partial charge in [-0.2, -0.15) is 0 Å². The highest BCUT2D eigenvalue weighted by Gasteiger charge is 2.28. The summed E-state index contributed by atoms with van der Waals surface area (Å²) >= 11 is 0. The zero-order chi connectivity index (χ0) is 9.84. The number of rotatable bonds is 3. The van der Waals surface area contributed by atoms with Gasteiger partial charge in [-0.05, 0) is 6.92 Å². The summed E-state index contributed by atoms with van der Waals surface area (Å²) in [5.41, 5.74) is 0. The highest BCUT2D eigenvalue weighted by atomic mass is 16.5. The molecule has 0 aromatic rings. The van der Waals surface area contributed by atoms with Crippen molar-refractivity contribution in [2.24, 2.45) is 0 Å². The maximum Gasteiger partial charge on any atom is 0.305 e. The first-order chi connectivity index (χ1) is 6.15. The number of hydrogen-bond donors (Lipinski definition) is 1. The van der Waals surface area contributed by atoms with Crippen molar-refractivity contribution >= 4 is 11.9 Å². The third-order valence-electron chi connectivity index (χ3n) is 2.05. The van der Waals surface area contributed by atoms with Gasteiger partial charge >= 0.3 is 5.97 Å². The lowest BCUT2D eigenvalue weighted by Crippen LogP contribution is -2.49. The van der Waals surface area contributed by atoms with E-state index < -0.39 is 5.97 Å². The molecule has 1 amide bonds. The lowest BCUT2D eigenvalue weighted by molar-refractivity contribution is -0.151. The van der Waals surface area contributed by atoms with Crippen molar-refractivity contribution in [3.63, 3.8) is 0 Å². The zero-order valence-corrected chi connectivity index (χ0v) is 7.52. The minimum Gasteiger partial charge on any atom is -0.481 e. The van der Waals surface area contributed by atoms with Crippen molar-refractivity contribution in [1.82, 2.24) is 4.90 Å². The van der Waals surface area contributed by atoms with Crippen molar-refractivity contribution < 1.29 is 19.4 Å². The minimum absolute atomic E-state index is 0.0421. The van der Waals surface area contributed by atoms with E-state index in [9.17, 15) is 9.59 Å². The van der Waals surface area contributed by atoms with Crippen LogP contribution in [-0.2, 0) is 14.3 Å². The van der Waals surface area contributed by atoms with E-state index in [1.165, 1.54) is 0 Å². The first-order valence-electron chi connectivity index (χ1n) is 4.24. The predicted molar refractivity (Wildman–Crippen MR) is 44.2 cm³/mol. The smallest absolute Gasteiger partial charge is 0.305 e. The lowest BCUT2D eigenvalue weighted by atomic mass is 10.1. The van der Waals surface area contributed by atoms with Gasteiger partial charge in [-0.25, -0.2) is 0 Å². The highest BCUT2D eigenvalue weighted by molar-refractivity contribution is 5.79. The van der Waals surface area contributed by atoms with E-state index >= 15 is 0 Å². The van der Waals surface area contributed by atoms with Gasteiger partial charge in [0.05, 0.1) is 19.1 Å². The van der Waals surface area contributed by atoms with Crippen LogP contribution < -0.4 is 0 Å². The Morgan fingerprint density at radius 1 is 1.77 bits per heavy atom. The average molecular weight is 187 g/mol. The highest BCUT2D eigenvalue weighted by Crippen LogP contribution is 2.10. The summed E-state index contributed by atoms with van der Waals surface area (Å²) in [6.45, 7) is 2.77. The molecular weight excluding hydrogens is 174 g/mol. The maximum absolute atomic E-state index is 11.2. The van der Waals surface area contributed by atoms with Gasteiger partial charge in [0.25, 0.3) is 0 Å². The van der Waals surface area contributed by atoms with Crippen LogP contribution in [0.4, 0.5) is 0 Å². The van der Waals surface area contributed by atoms with Gasteiger partial charge in [-0.15, -0.1) is 0 Å². The fraction of sp³-hybridized carbons (Fsp3) is 0.750. The summed E-state index contributed by atoms with van der Waals surface area (Å²) in [7, 11) is 0. The van der Waals surface area contributed by atoms with Crippen LogP contribution in [0.1, 0.15) is 13.3 Å². The number of carbonyl (C=O) groups excluding carboxylic acids is 1. The number of aliphatic carboxylic acids is 1. The number of morpholine rings is 1. The first-order valence-corrected chi connectivity index (χ1v) is 4.24. The Morgan fingerprint density at radius 3 is 3.00 bits per heavy atom. The Labute approximate surface area is 76.3 Å². The number of amides is 1. The Hall–Kier alpha value is -1.10. The third-order valence-corrected chi connectivity index (χ3v) is 2.05. The van der Waals surface area contributed by atoms with E-state index in [2.05, 4.69) is 0 Å². The number of likely N-dealkylation sites (N-methyl/N-ethyl adjacent to an activating group) is 1. The molecule has 1 rings (SSSR count). The molecule has 5 heteroatoms. The van der Waals surface area contributed by atoms with E-state index in [-0.39, 0.29) is 25.0 Å². The topological polar surface area (TPSA) is 66.8 Å². The SMILES string of the molecule is CCN1C(=O)COCC1CC(=O)O. The molecule has 5 nitrogen and oxygen atoms in total. The summed E-state index contributed by atoms with van der Waals surface area (Å²) < 4.78 is 4.97. The van der Waals surface area contributed by atoms with Crippen LogP contribution in [0.15, 0.2) is 0 Å². The Bertz CT molecular complexity index is 216. The van der Waals surface area contributed by atoms with Gasteiger partial charge in [0.1, 0.15) is 6.61 Å².